The zero-order chi connectivity index (χ0) is 16.7. The van der Waals surface area contributed by atoms with Crippen LogP contribution >= 0.6 is 15.9 Å². The molecule has 0 aliphatic heterocycles. The van der Waals surface area contributed by atoms with Gasteiger partial charge in [0.2, 0.25) is 0 Å². The van der Waals surface area contributed by atoms with Crippen LogP contribution in [0.1, 0.15) is 18.2 Å². The minimum absolute atomic E-state index is 0.351. The van der Waals surface area contributed by atoms with Gasteiger partial charge in [-0.2, -0.15) is 0 Å². The number of furan rings is 1. The van der Waals surface area contributed by atoms with Gasteiger partial charge in [0, 0.05) is 12.6 Å². The zero-order valence-electron chi connectivity index (χ0n) is 12.5. The SMILES string of the molecule is C[C@H](OC(=O)/C=C/c1ccc(Br)o1)C(=O)NCc1ccccc1. The Balaban J connectivity index is 1.78. The van der Waals surface area contributed by atoms with Crippen molar-refractivity contribution in [3.63, 3.8) is 0 Å². The van der Waals surface area contributed by atoms with Crippen molar-refractivity contribution in [2.75, 3.05) is 0 Å². The molecule has 0 aliphatic carbocycles. The highest BCUT2D eigenvalue weighted by atomic mass is 79.9. The Hall–Kier alpha value is -2.34. The molecule has 1 aromatic carbocycles. The Morgan fingerprint density at radius 2 is 2.00 bits per heavy atom. The summed E-state index contributed by atoms with van der Waals surface area (Å²) < 4.78 is 10.8. The summed E-state index contributed by atoms with van der Waals surface area (Å²) in [6.45, 7) is 1.91. The molecule has 1 aromatic heterocycles. The highest BCUT2D eigenvalue weighted by molar-refractivity contribution is 9.10. The molecule has 0 spiro atoms. The molecule has 0 unspecified atom stereocenters. The molecule has 1 heterocycles. The fourth-order valence-corrected chi connectivity index (χ4v) is 2.08. The van der Waals surface area contributed by atoms with E-state index >= 15 is 0 Å². The molecule has 1 amide bonds. The van der Waals surface area contributed by atoms with E-state index in [0.29, 0.717) is 17.0 Å². The van der Waals surface area contributed by atoms with Crippen LogP contribution in [0.2, 0.25) is 0 Å². The third-order valence-corrected chi connectivity index (χ3v) is 3.38. The normalized spacial score (nSPS) is 12.1. The van der Waals surface area contributed by atoms with E-state index in [9.17, 15) is 9.59 Å². The topological polar surface area (TPSA) is 68.5 Å². The van der Waals surface area contributed by atoms with Crippen LogP contribution in [0.25, 0.3) is 6.08 Å². The van der Waals surface area contributed by atoms with Gasteiger partial charge in [0.05, 0.1) is 0 Å². The lowest BCUT2D eigenvalue weighted by Gasteiger charge is -2.12. The number of amides is 1. The van der Waals surface area contributed by atoms with E-state index in [1.807, 2.05) is 30.3 Å². The number of benzene rings is 1. The first-order chi connectivity index (χ1) is 11.0. The van der Waals surface area contributed by atoms with Crippen molar-refractivity contribution in [1.29, 1.82) is 0 Å². The Labute approximate surface area is 142 Å². The van der Waals surface area contributed by atoms with Gasteiger partial charge >= 0.3 is 5.97 Å². The number of hydrogen-bond donors (Lipinski definition) is 1. The van der Waals surface area contributed by atoms with Gasteiger partial charge in [-0.3, -0.25) is 4.79 Å². The molecule has 0 aliphatic rings. The summed E-state index contributed by atoms with van der Waals surface area (Å²) in [7, 11) is 0. The maximum Gasteiger partial charge on any atom is 0.331 e. The van der Waals surface area contributed by atoms with Crippen LogP contribution in [-0.4, -0.2) is 18.0 Å². The molecule has 120 valence electrons. The largest absolute Gasteiger partial charge is 0.450 e. The molecule has 5 nitrogen and oxygen atoms in total. The molecular formula is C17H16BrNO4. The summed E-state index contributed by atoms with van der Waals surface area (Å²) in [4.78, 5) is 23.6. The number of rotatable bonds is 6. The standard InChI is InChI=1S/C17H16BrNO4/c1-12(17(21)19-11-13-5-3-2-4-6-13)22-16(20)10-8-14-7-9-15(18)23-14/h2-10,12H,11H2,1H3,(H,19,21)/b10-8+/t12-/m0/s1. The van der Waals surface area contributed by atoms with Gasteiger partial charge in [-0.25, -0.2) is 4.79 Å². The van der Waals surface area contributed by atoms with E-state index in [1.165, 1.54) is 19.1 Å². The highest BCUT2D eigenvalue weighted by Crippen LogP contribution is 2.15. The molecule has 1 N–H and O–H groups in total. The van der Waals surface area contributed by atoms with Crippen molar-refractivity contribution in [1.82, 2.24) is 5.32 Å². The lowest BCUT2D eigenvalue weighted by molar-refractivity contribution is -0.150. The number of carbonyl (C=O) groups excluding carboxylic acids is 2. The highest BCUT2D eigenvalue weighted by Gasteiger charge is 2.16. The fourth-order valence-electron chi connectivity index (χ4n) is 1.76. The van der Waals surface area contributed by atoms with Gasteiger partial charge in [0.25, 0.3) is 5.91 Å². The average molecular weight is 378 g/mol. The molecular weight excluding hydrogens is 362 g/mol. The van der Waals surface area contributed by atoms with Crippen LogP contribution in [0.15, 0.2) is 57.6 Å². The zero-order valence-corrected chi connectivity index (χ0v) is 14.1. The molecule has 2 aromatic rings. The number of ether oxygens (including phenoxy) is 1. The van der Waals surface area contributed by atoms with Crippen molar-refractivity contribution < 1.29 is 18.7 Å². The molecule has 2 rings (SSSR count). The van der Waals surface area contributed by atoms with E-state index in [0.717, 1.165) is 5.56 Å². The van der Waals surface area contributed by atoms with Crippen LogP contribution in [-0.2, 0) is 20.9 Å². The lowest BCUT2D eigenvalue weighted by atomic mass is 10.2. The van der Waals surface area contributed by atoms with Gasteiger partial charge < -0.3 is 14.5 Å². The summed E-state index contributed by atoms with van der Waals surface area (Å²) >= 11 is 3.17. The van der Waals surface area contributed by atoms with E-state index in [2.05, 4.69) is 21.2 Å². The predicted octanol–water partition coefficient (Wildman–Crippen LogP) is 3.30. The van der Waals surface area contributed by atoms with Gasteiger partial charge in [-0.15, -0.1) is 0 Å². The number of nitrogens with one attached hydrogen (secondary N) is 1. The number of carbonyl (C=O) groups is 2. The van der Waals surface area contributed by atoms with Crippen LogP contribution in [0.3, 0.4) is 0 Å². The predicted molar refractivity (Wildman–Crippen MR) is 89.3 cm³/mol. The second-order valence-electron chi connectivity index (χ2n) is 4.76. The first-order valence-corrected chi connectivity index (χ1v) is 7.79. The van der Waals surface area contributed by atoms with Gasteiger partial charge in [-0.05, 0) is 46.6 Å². The molecule has 23 heavy (non-hydrogen) atoms. The number of esters is 1. The maximum absolute atomic E-state index is 11.9. The molecule has 0 fully saturated rings. The Kier molecular flexibility index (Phi) is 6.17. The van der Waals surface area contributed by atoms with Crippen molar-refractivity contribution in [2.24, 2.45) is 0 Å². The third-order valence-electron chi connectivity index (χ3n) is 2.95. The van der Waals surface area contributed by atoms with E-state index in [1.54, 1.807) is 12.1 Å². The molecule has 0 saturated heterocycles. The second kappa shape index (κ2) is 8.33. The van der Waals surface area contributed by atoms with Gasteiger partial charge in [0.1, 0.15) is 5.76 Å². The molecule has 0 radical (unpaired) electrons. The van der Waals surface area contributed by atoms with Crippen LogP contribution in [0.4, 0.5) is 0 Å². The summed E-state index contributed by atoms with van der Waals surface area (Å²) in [6, 6.07) is 12.9. The average Bonchev–Trinajstić information content (AvgIpc) is 2.97. The molecule has 6 heteroatoms. The summed E-state index contributed by atoms with van der Waals surface area (Å²) in [5, 5.41) is 2.72. The van der Waals surface area contributed by atoms with Gasteiger partial charge in [-0.1, -0.05) is 30.3 Å². The van der Waals surface area contributed by atoms with Crippen LogP contribution in [0.5, 0.6) is 0 Å². The Morgan fingerprint density at radius 1 is 1.26 bits per heavy atom. The smallest absolute Gasteiger partial charge is 0.331 e. The number of halogens is 1. The van der Waals surface area contributed by atoms with Crippen molar-refractivity contribution in [3.8, 4) is 0 Å². The monoisotopic (exact) mass is 377 g/mol. The Morgan fingerprint density at radius 3 is 2.65 bits per heavy atom. The quantitative estimate of drug-likeness (QED) is 0.619. The van der Waals surface area contributed by atoms with Crippen LogP contribution < -0.4 is 5.32 Å². The Bertz CT molecular complexity index is 694. The molecule has 0 saturated carbocycles. The lowest BCUT2D eigenvalue weighted by Crippen LogP contribution is -2.35. The first kappa shape index (κ1) is 17.0. The number of hydrogen-bond acceptors (Lipinski definition) is 4. The van der Waals surface area contributed by atoms with Gasteiger partial charge in [0.15, 0.2) is 10.8 Å². The maximum atomic E-state index is 11.9. The minimum Gasteiger partial charge on any atom is -0.450 e. The third kappa shape index (κ3) is 5.75. The van der Waals surface area contributed by atoms with Crippen molar-refractivity contribution >= 4 is 33.9 Å². The fraction of sp³-hybridized carbons (Fsp3) is 0.176. The summed E-state index contributed by atoms with van der Waals surface area (Å²) in [5.41, 5.74) is 0.975. The summed E-state index contributed by atoms with van der Waals surface area (Å²) in [6.07, 6.45) is 1.81. The minimum atomic E-state index is -0.876. The van der Waals surface area contributed by atoms with E-state index < -0.39 is 12.1 Å². The first-order valence-electron chi connectivity index (χ1n) is 7.00. The van der Waals surface area contributed by atoms with Crippen molar-refractivity contribution in [2.45, 2.75) is 19.6 Å². The van der Waals surface area contributed by atoms with E-state index in [-0.39, 0.29) is 5.91 Å². The van der Waals surface area contributed by atoms with E-state index in [4.69, 9.17) is 9.15 Å². The second-order valence-corrected chi connectivity index (χ2v) is 5.54. The van der Waals surface area contributed by atoms with Crippen LogP contribution in [0, 0.1) is 0 Å². The molecule has 1 atom stereocenters. The molecule has 0 bridgehead atoms. The van der Waals surface area contributed by atoms with Crippen molar-refractivity contribution in [3.05, 3.63) is 64.5 Å². The summed E-state index contributed by atoms with van der Waals surface area (Å²) in [5.74, 6) is -0.453.